The molecule has 1 aromatic rings. The summed E-state index contributed by atoms with van der Waals surface area (Å²) in [5.74, 6) is 0. The number of aldehydes is 1. The maximum absolute atomic E-state index is 10.2. The maximum Gasteiger partial charge on any atom is 0.173 e. The Morgan fingerprint density at radius 2 is 2.00 bits per heavy atom. The molecule has 0 bridgehead atoms. The van der Waals surface area contributed by atoms with Gasteiger partial charge in [0.2, 0.25) is 0 Å². The van der Waals surface area contributed by atoms with Crippen molar-refractivity contribution in [1.29, 1.82) is 0 Å². The summed E-state index contributed by atoms with van der Waals surface area (Å²) >= 11 is 0. The van der Waals surface area contributed by atoms with Gasteiger partial charge in [0.1, 0.15) is 6.26 Å². The first-order chi connectivity index (χ1) is 6.36. The van der Waals surface area contributed by atoms with Crippen LogP contribution in [0.5, 0.6) is 0 Å². The van der Waals surface area contributed by atoms with E-state index >= 15 is 0 Å². The molecule has 0 aliphatic carbocycles. The fraction of sp³-hybridized carbons (Fsp3) is 0. The summed E-state index contributed by atoms with van der Waals surface area (Å²) in [6, 6.07) is 8.93. The minimum absolute atomic E-state index is 0.108. The van der Waals surface area contributed by atoms with Crippen LogP contribution in [0.15, 0.2) is 52.5 Å². The molecular weight excluding hydrogens is 168 g/mol. The Kier molecular flexibility index (Phi) is 3.38. The van der Waals surface area contributed by atoms with E-state index in [9.17, 15) is 4.79 Å². The summed E-state index contributed by atoms with van der Waals surface area (Å²) < 4.78 is 0. The summed E-state index contributed by atoms with van der Waals surface area (Å²) in [4.78, 5) is 10.2. The topological polar surface area (TPSA) is 62.0 Å². The number of aliphatic hydroxyl groups excluding tert-OH is 1. The number of rotatable bonds is 3. The van der Waals surface area contributed by atoms with Gasteiger partial charge in [0.15, 0.2) is 12.0 Å². The largest absolute Gasteiger partial charge is 0.513 e. The molecule has 66 valence electrons. The molecule has 0 spiro atoms. The maximum atomic E-state index is 10.2. The van der Waals surface area contributed by atoms with E-state index in [0.29, 0.717) is 18.2 Å². The highest BCUT2D eigenvalue weighted by atomic mass is 16.2. The first-order valence-electron chi connectivity index (χ1n) is 3.63. The van der Waals surface area contributed by atoms with Gasteiger partial charge in [-0.15, -0.1) is 5.11 Å². The predicted octanol–water partition coefficient (Wildman–Crippen LogP) is 2.37. The fourth-order valence-electron chi connectivity index (χ4n) is 0.690. The van der Waals surface area contributed by atoms with Crippen LogP contribution >= 0.6 is 0 Å². The Hall–Kier alpha value is -1.97. The van der Waals surface area contributed by atoms with Crippen LogP contribution in [0, 0.1) is 0 Å². The van der Waals surface area contributed by atoms with E-state index < -0.39 is 0 Å². The van der Waals surface area contributed by atoms with Gasteiger partial charge in [-0.3, -0.25) is 4.79 Å². The van der Waals surface area contributed by atoms with Crippen LogP contribution in [-0.4, -0.2) is 11.4 Å². The normalized spacial score (nSPS) is 11.8. The highest BCUT2D eigenvalue weighted by Crippen LogP contribution is 2.11. The second-order valence-corrected chi connectivity index (χ2v) is 2.21. The van der Waals surface area contributed by atoms with Gasteiger partial charge >= 0.3 is 0 Å². The van der Waals surface area contributed by atoms with Crippen molar-refractivity contribution in [2.24, 2.45) is 10.2 Å². The van der Waals surface area contributed by atoms with Crippen LogP contribution in [0.4, 0.5) is 5.69 Å². The van der Waals surface area contributed by atoms with E-state index in [1.165, 1.54) is 0 Å². The number of azo groups is 1. The third-order valence-corrected chi connectivity index (χ3v) is 1.29. The second kappa shape index (κ2) is 4.82. The Balaban J connectivity index is 2.74. The molecule has 1 aromatic carbocycles. The van der Waals surface area contributed by atoms with E-state index in [1.54, 1.807) is 24.3 Å². The van der Waals surface area contributed by atoms with Gasteiger partial charge in [0.05, 0.1) is 5.69 Å². The molecule has 0 atom stereocenters. The molecule has 0 aliphatic rings. The van der Waals surface area contributed by atoms with Gasteiger partial charge in [0, 0.05) is 0 Å². The van der Waals surface area contributed by atoms with Crippen LogP contribution in [0.2, 0.25) is 0 Å². The molecule has 1 rings (SSSR count). The van der Waals surface area contributed by atoms with Crippen molar-refractivity contribution in [1.82, 2.24) is 0 Å². The molecule has 4 heteroatoms. The Morgan fingerprint density at radius 1 is 1.31 bits per heavy atom. The number of hydrogen-bond acceptors (Lipinski definition) is 4. The van der Waals surface area contributed by atoms with E-state index in [1.807, 2.05) is 6.07 Å². The third kappa shape index (κ3) is 2.86. The molecule has 0 radical (unpaired) electrons. The van der Waals surface area contributed by atoms with Crippen molar-refractivity contribution in [3.63, 3.8) is 0 Å². The molecule has 0 unspecified atom stereocenters. The predicted molar refractivity (Wildman–Crippen MR) is 47.7 cm³/mol. The van der Waals surface area contributed by atoms with Crippen molar-refractivity contribution in [2.75, 3.05) is 0 Å². The molecule has 0 saturated carbocycles. The van der Waals surface area contributed by atoms with Gasteiger partial charge in [-0.2, -0.15) is 5.11 Å². The first-order valence-corrected chi connectivity index (χ1v) is 3.63. The van der Waals surface area contributed by atoms with Crippen molar-refractivity contribution in [3.8, 4) is 0 Å². The lowest BCUT2D eigenvalue weighted by atomic mass is 10.3. The highest BCUT2D eigenvalue weighted by molar-refractivity contribution is 5.71. The number of carbonyl (C=O) groups excluding carboxylic acids is 1. The van der Waals surface area contributed by atoms with Crippen LogP contribution < -0.4 is 0 Å². The van der Waals surface area contributed by atoms with Gasteiger partial charge < -0.3 is 5.11 Å². The molecular formula is C9H8N2O2. The summed E-state index contributed by atoms with van der Waals surface area (Å²) in [5, 5.41) is 15.7. The number of nitrogens with zero attached hydrogens (tertiary/aromatic N) is 2. The zero-order valence-electron chi connectivity index (χ0n) is 6.79. The Morgan fingerprint density at radius 3 is 2.54 bits per heavy atom. The van der Waals surface area contributed by atoms with Crippen LogP contribution in [0.1, 0.15) is 0 Å². The van der Waals surface area contributed by atoms with Crippen molar-refractivity contribution >= 4 is 12.0 Å². The van der Waals surface area contributed by atoms with Gasteiger partial charge in [-0.1, -0.05) is 18.2 Å². The molecule has 0 fully saturated rings. The van der Waals surface area contributed by atoms with E-state index in [0.717, 1.165) is 0 Å². The number of hydrogen-bond donors (Lipinski definition) is 1. The molecule has 0 amide bonds. The third-order valence-electron chi connectivity index (χ3n) is 1.29. The van der Waals surface area contributed by atoms with Crippen molar-refractivity contribution < 1.29 is 9.90 Å². The van der Waals surface area contributed by atoms with Crippen molar-refractivity contribution in [2.45, 2.75) is 0 Å². The highest BCUT2D eigenvalue weighted by Gasteiger charge is 1.90. The minimum atomic E-state index is -0.108. The average Bonchev–Trinajstić information content (AvgIpc) is 2.21. The van der Waals surface area contributed by atoms with E-state index in [-0.39, 0.29) is 5.70 Å². The fourth-order valence-corrected chi connectivity index (χ4v) is 0.690. The van der Waals surface area contributed by atoms with Gasteiger partial charge in [-0.25, -0.2) is 0 Å². The SMILES string of the molecule is O=C/C(=C/O)N=Nc1ccccc1. The standard InChI is InChI=1S/C9H8N2O2/c12-6-9(7-13)11-10-8-4-2-1-3-5-8/h1-7,12H/b9-6-,11-10?. The zero-order valence-corrected chi connectivity index (χ0v) is 6.79. The summed E-state index contributed by atoms with van der Waals surface area (Å²) in [6.45, 7) is 0. The quantitative estimate of drug-likeness (QED) is 0.332. The van der Waals surface area contributed by atoms with E-state index in [2.05, 4.69) is 10.2 Å². The summed E-state index contributed by atoms with van der Waals surface area (Å²) in [7, 11) is 0. The zero-order chi connectivity index (χ0) is 9.52. The van der Waals surface area contributed by atoms with Gasteiger partial charge in [-0.05, 0) is 12.1 Å². The molecule has 0 saturated heterocycles. The molecule has 1 N–H and O–H groups in total. The number of carbonyl (C=O) groups is 1. The van der Waals surface area contributed by atoms with E-state index in [4.69, 9.17) is 5.11 Å². The Bertz CT molecular complexity index is 331. The lowest BCUT2D eigenvalue weighted by molar-refractivity contribution is -0.105. The molecule has 13 heavy (non-hydrogen) atoms. The number of benzene rings is 1. The van der Waals surface area contributed by atoms with Crippen molar-refractivity contribution in [3.05, 3.63) is 42.3 Å². The smallest absolute Gasteiger partial charge is 0.173 e. The average molecular weight is 176 g/mol. The summed E-state index contributed by atoms with van der Waals surface area (Å²) in [6.07, 6.45) is 1.03. The lowest BCUT2D eigenvalue weighted by Crippen LogP contribution is -1.76. The Labute approximate surface area is 75.2 Å². The first kappa shape index (κ1) is 9.12. The van der Waals surface area contributed by atoms with Gasteiger partial charge in [0.25, 0.3) is 0 Å². The van der Waals surface area contributed by atoms with Crippen LogP contribution in [0.25, 0.3) is 0 Å². The monoisotopic (exact) mass is 176 g/mol. The molecule has 0 aromatic heterocycles. The number of aliphatic hydroxyl groups is 1. The van der Waals surface area contributed by atoms with Crippen LogP contribution in [0.3, 0.4) is 0 Å². The number of allylic oxidation sites excluding steroid dienone is 1. The lowest BCUT2D eigenvalue weighted by Gasteiger charge is -1.88. The summed E-state index contributed by atoms with van der Waals surface area (Å²) in [5.41, 5.74) is 0.521. The molecule has 0 heterocycles. The molecule has 0 aliphatic heterocycles. The molecule has 4 nitrogen and oxygen atoms in total. The second-order valence-electron chi connectivity index (χ2n) is 2.21. The van der Waals surface area contributed by atoms with Crippen LogP contribution in [-0.2, 0) is 4.79 Å². The minimum Gasteiger partial charge on any atom is -0.513 e.